The summed E-state index contributed by atoms with van der Waals surface area (Å²) in [4.78, 5) is 26.9. The van der Waals surface area contributed by atoms with Crippen molar-refractivity contribution in [3.05, 3.63) is 22.4 Å². The van der Waals surface area contributed by atoms with Crippen molar-refractivity contribution in [2.24, 2.45) is 5.92 Å². The largest absolute Gasteiger partial charge is 0.317 e. The molecule has 1 aromatic rings. The third-order valence-electron chi connectivity index (χ3n) is 3.39. The minimum atomic E-state index is -0.215. The molecular weight excluding hydrogens is 274 g/mol. The number of piperidine rings is 1. The van der Waals surface area contributed by atoms with E-state index < -0.39 is 0 Å². The van der Waals surface area contributed by atoms with Crippen LogP contribution >= 0.6 is 11.3 Å². The topological polar surface area (TPSA) is 61.4 Å². The number of imide groups is 1. The molecule has 2 rings (SSSR count). The predicted octanol–water partition coefficient (Wildman–Crippen LogP) is 0.822. The highest BCUT2D eigenvalue weighted by Crippen LogP contribution is 2.12. The quantitative estimate of drug-likeness (QED) is 0.844. The molecule has 1 aliphatic heterocycles. The van der Waals surface area contributed by atoms with Crippen molar-refractivity contribution < 1.29 is 9.59 Å². The van der Waals surface area contributed by atoms with Crippen LogP contribution in [0.25, 0.3) is 0 Å². The van der Waals surface area contributed by atoms with Crippen molar-refractivity contribution in [3.63, 3.8) is 0 Å². The Kier molecular flexibility index (Phi) is 5.70. The van der Waals surface area contributed by atoms with E-state index in [1.54, 1.807) is 11.3 Å². The molecule has 0 aromatic carbocycles. The Bertz CT molecular complexity index is 441. The summed E-state index contributed by atoms with van der Waals surface area (Å²) in [7, 11) is 1.88. The molecule has 110 valence electrons. The molecule has 0 unspecified atom stereocenters. The van der Waals surface area contributed by atoms with Crippen molar-refractivity contribution >= 4 is 23.2 Å². The monoisotopic (exact) mass is 295 g/mol. The van der Waals surface area contributed by atoms with E-state index in [2.05, 4.69) is 10.6 Å². The standard InChI is InChI=1S/C14H21N3O2S/c1-17(9-12-3-2-8-20-12)10-13(18)16-14(19)11-4-6-15-7-5-11/h2-3,8,11,15H,4-7,9-10H2,1H3,(H,16,18,19). The highest BCUT2D eigenvalue weighted by molar-refractivity contribution is 7.09. The third-order valence-corrected chi connectivity index (χ3v) is 4.25. The van der Waals surface area contributed by atoms with E-state index >= 15 is 0 Å². The molecule has 1 fully saturated rings. The molecule has 20 heavy (non-hydrogen) atoms. The van der Waals surface area contributed by atoms with Gasteiger partial charge in [0.2, 0.25) is 11.8 Å². The van der Waals surface area contributed by atoms with Gasteiger partial charge in [0.1, 0.15) is 0 Å². The third kappa shape index (κ3) is 4.70. The SMILES string of the molecule is CN(CC(=O)NC(=O)C1CCNCC1)Cc1cccs1. The molecule has 6 heteroatoms. The van der Waals surface area contributed by atoms with Crippen LogP contribution in [-0.4, -0.2) is 43.4 Å². The van der Waals surface area contributed by atoms with Crippen LogP contribution in [0, 0.1) is 5.92 Å². The zero-order chi connectivity index (χ0) is 14.4. The van der Waals surface area contributed by atoms with Gasteiger partial charge in [-0.05, 0) is 44.4 Å². The zero-order valence-corrected chi connectivity index (χ0v) is 12.5. The first kappa shape index (κ1) is 15.2. The molecule has 0 saturated carbocycles. The van der Waals surface area contributed by atoms with Crippen LogP contribution in [0.1, 0.15) is 17.7 Å². The highest BCUT2D eigenvalue weighted by atomic mass is 32.1. The Morgan fingerprint density at radius 2 is 2.20 bits per heavy atom. The fourth-order valence-electron chi connectivity index (χ4n) is 2.33. The van der Waals surface area contributed by atoms with Crippen LogP contribution < -0.4 is 10.6 Å². The van der Waals surface area contributed by atoms with Gasteiger partial charge in [0.25, 0.3) is 0 Å². The maximum absolute atomic E-state index is 11.9. The normalized spacial score (nSPS) is 16.3. The smallest absolute Gasteiger partial charge is 0.240 e. The Balaban J connectivity index is 1.72. The van der Waals surface area contributed by atoms with Crippen molar-refractivity contribution in [2.45, 2.75) is 19.4 Å². The van der Waals surface area contributed by atoms with E-state index in [1.165, 1.54) is 4.88 Å². The van der Waals surface area contributed by atoms with E-state index in [0.717, 1.165) is 32.5 Å². The lowest BCUT2D eigenvalue weighted by molar-refractivity contribution is -0.133. The number of thiophene rings is 1. The van der Waals surface area contributed by atoms with Crippen LogP contribution in [0.5, 0.6) is 0 Å². The summed E-state index contributed by atoms with van der Waals surface area (Å²) in [5, 5.41) is 7.74. The second kappa shape index (κ2) is 7.52. The van der Waals surface area contributed by atoms with Crippen LogP contribution in [0.15, 0.2) is 17.5 Å². The number of carbonyl (C=O) groups excluding carboxylic acids is 2. The fraction of sp³-hybridized carbons (Fsp3) is 0.571. The summed E-state index contributed by atoms with van der Waals surface area (Å²) in [6, 6.07) is 4.04. The van der Waals surface area contributed by atoms with Crippen LogP contribution in [0.4, 0.5) is 0 Å². The molecule has 0 aliphatic carbocycles. The van der Waals surface area contributed by atoms with E-state index in [9.17, 15) is 9.59 Å². The van der Waals surface area contributed by atoms with Gasteiger partial charge in [-0.2, -0.15) is 0 Å². The molecule has 2 amide bonds. The van der Waals surface area contributed by atoms with Crippen molar-refractivity contribution in [2.75, 3.05) is 26.7 Å². The number of nitrogens with zero attached hydrogens (tertiary/aromatic N) is 1. The maximum atomic E-state index is 11.9. The average Bonchev–Trinajstić information content (AvgIpc) is 2.92. The van der Waals surface area contributed by atoms with Crippen LogP contribution in [0.3, 0.4) is 0 Å². The molecule has 1 aliphatic rings. The number of carbonyl (C=O) groups is 2. The summed E-state index contributed by atoms with van der Waals surface area (Å²) in [5.41, 5.74) is 0. The molecule has 0 radical (unpaired) electrons. The summed E-state index contributed by atoms with van der Waals surface area (Å²) >= 11 is 1.67. The van der Waals surface area contributed by atoms with Crippen LogP contribution in [0.2, 0.25) is 0 Å². The molecule has 0 atom stereocenters. The number of hydrogen-bond donors (Lipinski definition) is 2. The van der Waals surface area contributed by atoms with Gasteiger partial charge in [-0.1, -0.05) is 6.07 Å². The van der Waals surface area contributed by atoms with E-state index in [-0.39, 0.29) is 24.3 Å². The molecule has 2 heterocycles. The van der Waals surface area contributed by atoms with Gasteiger partial charge in [-0.25, -0.2) is 0 Å². The first-order valence-corrected chi connectivity index (χ1v) is 7.78. The van der Waals surface area contributed by atoms with Gasteiger partial charge < -0.3 is 5.32 Å². The number of nitrogens with one attached hydrogen (secondary N) is 2. The van der Waals surface area contributed by atoms with E-state index in [1.807, 2.05) is 29.5 Å². The average molecular weight is 295 g/mol. The van der Waals surface area contributed by atoms with Crippen LogP contribution in [-0.2, 0) is 16.1 Å². The highest BCUT2D eigenvalue weighted by Gasteiger charge is 2.22. The molecule has 1 aromatic heterocycles. The molecule has 0 bridgehead atoms. The molecule has 0 spiro atoms. The minimum absolute atomic E-state index is 0.0252. The van der Waals surface area contributed by atoms with Crippen molar-refractivity contribution in [3.8, 4) is 0 Å². The van der Waals surface area contributed by atoms with Crippen molar-refractivity contribution in [1.82, 2.24) is 15.5 Å². The molecule has 1 saturated heterocycles. The molecular formula is C14H21N3O2S. The predicted molar refractivity (Wildman–Crippen MR) is 79.4 cm³/mol. The summed E-state index contributed by atoms with van der Waals surface area (Å²) < 4.78 is 0. The number of rotatable bonds is 5. The summed E-state index contributed by atoms with van der Waals surface area (Å²) in [6.07, 6.45) is 1.62. The number of likely N-dealkylation sites (N-methyl/N-ethyl adjacent to an activating group) is 1. The Hall–Kier alpha value is -1.24. The maximum Gasteiger partial charge on any atom is 0.240 e. The molecule has 2 N–H and O–H groups in total. The number of hydrogen-bond acceptors (Lipinski definition) is 5. The first-order valence-electron chi connectivity index (χ1n) is 6.90. The Morgan fingerprint density at radius 1 is 1.45 bits per heavy atom. The molecule has 5 nitrogen and oxygen atoms in total. The first-order chi connectivity index (χ1) is 9.65. The Labute approximate surface area is 123 Å². The second-order valence-corrected chi connectivity index (χ2v) is 6.22. The second-order valence-electron chi connectivity index (χ2n) is 5.19. The zero-order valence-electron chi connectivity index (χ0n) is 11.7. The van der Waals surface area contributed by atoms with Gasteiger partial charge in [-0.15, -0.1) is 11.3 Å². The van der Waals surface area contributed by atoms with Crippen molar-refractivity contribution in [1.29, 1.82) is 0 Å². The lowest BCUT2D eigenvalue weighted by atomic mass is 9.97. The van der Waals surface area contributed by atoms with Gasteiger partial charge >= 0.3 is 0 Å². The van der Waals surface area contributed by atoms with Gasteiger partial charge in [0.05, 0.1) is 6.54 Å². The van der Waals surface area contributed by atoms with E-state index in [0.29, 0.717) is 0 Å². The number of amides is 2. The van der Waals surface area contributed by atoms with Gasteiger partial charge in [-0.3, -0.25) is 19.8 Å². The van der Waals surface area contributed by atoms with Gasteiger partial charge in [0.15, 0.2) is 0 Å². The summed E-state index contributed by atoms with van der Waals surface area (Å²) in [6.45, 7) is 2.68. The summed E-state index contributed by atoms with van der Waals surface area (Å²) in [5.74, 6) is -0.364. The fourth-order valence-corrected chi connectivity index (χ4v) is 3.12. The Morgan fingerprint density at radius 3 is 2.85 bits per heavy atom. The lowest BCUT2D eigenvalue weighted by Crippen LogP contribution is -2.43. The van der Waals surface area contributed by atoms with E-state index in [4.69, 9.17) is 0 Å². The minimum Gasteiger partial charge on any atom is -0.317 e. The lowest BCUT2D eigenvalue weighted by Gasteiger charge is -2.22. The van der Waals surface area contributed by atoms with Gasteiger partial charge in [0, 0.05) is 17.3 Å².